The first-order valence-electron chi connectivity index (χ1n) is 4.65. The summed E-state index contributed by atoms with van der Waals surface area (Å²) in [7, 11) is 0. The highest BCUT2D eigenvalue weighted by molar-refractivity contribution is 5.74. The van der Waals surface area contributed by atoms with Gasteiger partial charge in [0.2, 0.25) is 0 Å². The third kappa shape index (κ3) is 1.70. The Morgan fingerprint density at radius 2 is 1.69 bits per heavy atom. The lowest BCUT2D eigenvalue weighted by Crippen LogP contribution is -2.13. The van der Waals surface area contributed by atoms with Gasteiger partial charge in [-0.3, -0.25) is 4.79 Å². The molecule has 0 fully saturated rings. The summed E-state index contributed by atoms with van der Waals surface area (Å²) < 4.78 is 0. The Bertz CT molecular complexity index is 573. The minimum atomic E-state index is -0.378. The maximum atomic E-state index is 11.3. The van der Waals surface area contributed by atoms with E-state index in [4.69, 9.17) is 16.6 Å². The minimum absolute atomic E-state index is 0.0834. The van der Waals surface area contributed by atoms with E-state index in [2.05, 4.69) is 4.98 Å². The first-order chi connectivity index (χ1) is 7.58. The number of phenols is 1. The summed E-state index contributed by atoms with van der Waals surface area (Å²) in [5.41, 5.74) is 12.5. The Labute approximate surface area is 91.3 Å². The summed E-state index contributed by atoms with van der Waals surface area (Å²) in [4.78, 5) is 13.9. The molecule has 0 saturated carbocycles. The molecule has 0 aliphatic rings. The number of aromatic amines is 1. The fourth-order valence-corrected chi connectivity index (χ4v) is 1.43. The molecule has 5 heteroatoms. The molecular weight excluding hydrogens is 206 g/mol. The number of pyridine rings is 1. The maximum absolute atomic E-state index is 11.3. The summed E-state index contributed by atoms with van der Waals surface area (Å²) >= 11 is 0. The molecule has 1 aromatic heterocycles. The monoisotopic (exact) mass is 217 g/mol. The third-order valence-electron chi connectivity index (χ3n) is 2.26. The number of H-pyrrole nitrogens is 1. The van der Waals surface area contributed by atoms with E-state index in [9.17, 15) is 4.79 Å². The van der Waals surface area contributed by atoms with Gasteiger partial charge in [0.25, 0.3) is 5.56 Å². The number of nitrogens with one attached hydrogen (secondary N) is 1. The lowest BCUT2D eigenvalue weighted by Gasteiger charge is -2.06. The molecule has 1 aromatic carbocycles. The SMILES string of the molecule is Nc1cc(N)c(=O)[nH]c1-c1ccc(O)cc1. The van der Waals surface area contributed by atoms with Crippen molar-refractivity contribution in [3.63, 3.8) is 0 Å². The van der Waals surface area contributed by atoms with Crippen molar-refractivity contribution in [1.82, 2.24) is 4.98 Å². The van der Waals surface area contributed by atoms with E-state index >= 15 is 0 Å². The largest absolute Gasteiger partial charge is 0.508 e. The van der Waals surface area contributed by atoms with Crippen LogP contribution in [0.25, 0.3) is 11.3 Å². The standard InChI is InChI=1S/C11H11N3O2/c12-8-5-9(13)11(16)14-10(8)6-1-3-7(15)4-2-6/h1-5,15H,12-13H2,(H,14,16). The van der Waals surface area contributed by atoms with Gasteiger partial charge < -0.3 is 21.6 Å². The number of aromatic nitrogens is 1. The Morgan fingerprint density at radius 1 is 1.06 bits per heavy atom. The van der Waals surface area contributed by atoms with Gasteiger partial charge in [0, 0.05) is 5.56 Å². The topological polar surface area (TPSA) is 105 Å². The smallest absolute Gasteiger partial charge is 0.271 e. The van der Waals surface area contributed by atoms with Crippen molar-refractivity contribution in [2.75, 3.05) is 11.5 Å². The van der Waals surface area contributed by atoms with Crippen LogP contribution in [-0.2, 0) is 0 Å². The zero-order valence-electron chi connectivity index (χ0n) is 8.40. The van der Waals surface area contributed by atoms with E-state index in [1.165, 1.54) is 18.2 Å². The van der Waals surface area contributed by atoms with Crippen LogP contribution in [0.1, 0.15) is 0 Å². The Morgan fingerprint density at radius 3 is 2.31 bits per heavy atom. The van der Waals surface area contributed by atoms with Gasteiger partial charge in [-0.25, -0.2) is 0 Å². The Hall–Kier alpha value is -2.43. The Kier molecular flexibility index (Phi) is 2.28. The fraction of sp³-hybridized carbons (Fsp3) is 0. The number of anilines is 2. The van der Waals surface area contributed by atoms with Crippen LogP contribution in [0.5, 0.6) is 5.75 Å². The number of nitrogen functional groups attached to an aromatic ring is 2. The molecule has 0 aliphatic carbocycles. The van der Waals surface area contributed by atoms with Gasteiger partial charge in [0.1, 0.15) is 5.75 Å². The summed E-state index contributed by atoms with van der Waals surface area (Å²) in [6.07, 6.45) is 0. The number of hydrogen-bond donors (Lipinski definition) is 4. The molecule has 0 bridgehead atoms. The van der Waals surface area contributed by atoms with Crippen molar-refractivity contribution in [2.24, 2.45) is 0 Å². The molecule has 1 heterocycles. The quantitative estimate of drug-likeness (QED) is 0.569. The molecule has 0 unspecified atom stereocenters. The predicted molar refractivity (Wildman–Crippen MR) is 63.0 cm³/mol. The van der Waals surface area contributed by atoms with Gasteiger partial charge in [-0.1, -0.05) is 0 Å². The highest BCUT2D eigenvalue weighted by Gasteiger charge is 2.06. The predicted octanol–water partition coefficient (Wildman–Crippen LogP) is 0.912. The van der Waals surface area contributed by atoms with Gasteiger partial charge in [-0.2, -0.15) is 0 Å². The van der Waals surface area contributed by atoms with Crippen LogP contribution in [0.3, 0.4) is 0 Å². The van der Waals surface area contributed by atoms with Crippen molar-refractivity contribution in [3.8, 4) is 17.0 Å². The maximum Gasteiger partial charge on any atom is 0.271 e. The van der Waals surface area contributed by atoms with Gasteiger partial charge in [0.05, 0.1) is 17.1 Å². The average Bonchev–Trinajstić information content (AvgIpc) is 2.25. The van der Waals surface area contributed by atoms with E-state index in [0.717, 1.165) is 0 Å². The molecule has 16 heavy (non-hydrogen) atoms. The summed E-state index contributed by atoms with van der Waals surface area (Å²) in [6.45, 7) is 0. The zero-order chi connectivity index (χ0) is 11.7. The van der Waals surface area contributed by atoms with Gasteiger partial charge in [-0.05, 0) is 30.3 Å². The molecule has 2 aromatic rings. The van der Waals surface area contributed by atoms with E-state index in [0.29, 0.717) is 16.9 Å². The molecule has 0 atom stereocenters. The van der Waals surface area contributed by atoms with E-state index < -0.39 is 0 Å². The Balaban J connectivity index is 2.60. The van der Waals surface area contributed by atoms with Crippen LogP contribution in [0.2, 0.25) is 0 Å². The van der Waals surface area contributed by atoms with Crippen LogP contribution < -0.4 is 17.0 Å². The molecule has 82 valence electrons. The fourth-order valence-electron chi connectivity index (χ4n) is 1.43. The van der Waals surface area contributed by atoms with Crippen LogP contribution in [0.4, 0.5) is 11.4 Å². The van der Waals surface area contributed by atoms with Gasteiger partial charge >= 0.3 is 0 Å². The van der Waals surface area contributed by atoms with Crippen LogP contribution >= 0.6 is 0 Å². The minimum Gasteiger partial charge on any atom is -0.508 e. The van der Waals surface area contributed by atoms with Crippen LogP contribution in [0, 0.1) is 0 Å². The number of hydrogen-bond acceptors (Lipinski definition) is 4. The van der Waals surface area contributed by atoms with E-state index in [1.807, 2.05) is 0 Å². The second-order valence-electron chi connectivity index (χ2n) is 3.43. The van der Waals surface area contributed by atoms with Crippen LogP contribution in [0.15, 0.2) is 35.1 Å². The molecule has 0 saturated heterocycles. The number of phenolic OH excluding ortho intramolecular Hbond substituents is 1. The molecule has 0 aliphatic heterocycles. The molecule has 0 amide bonds. The number of aromatic hydroxyl groups is 1. The molecule has 0 radical (unpaired) electrons. The van der Waals surface area contributed by atoms with Crippen LogP contribution in [-0.4, -0.2) is 10.1 Å². The normalized spacial score (nSPS) is 10.2. The number of benzene rings is 1. The average molecular weight is 217 g/mol. The second-order valence-corrected chi connectivity index (χ2v) is 3.43. The molecule has 6 N–H and O–H groups in total. The van der Waals surface area contributed by atoms with Gasteiger partial charge in [-0.15, -0.1) is 0 Å². The number of rotatable bonds is 1. The molecule has 0 spiro atoms. The highest BCUT2D eigenvalue weighted by atomic mass is 16.3. The number of nitrogens with two attached hydrogens (primary N) is 2. The first-order valence-corrected chi connectivity index (χ1v) is 4.65. The summed E-state index contributed by atoms with van der Waals surface area (Å²) in [5.74, 6) is 0.153. The van der Waals surface area contributed by atoms with Crippen molar-refractivity contribution in [2.45, 2.75) is 0 Å². The van der Waals surface area contributed by atoms with Crippen molar-refractivity contribution in [1.29, 1.82) is 0 Å². The van der Waals surface area contributed by atoms with E-state index in [-0.39, 0.29) is 17.0 Å². The van der Waals surface area contributed by atoms with Crippen molar-refractivity contribution >= 4 is 11.4 Å². The summed E-state index contributed by atoms with van der Waals surface area (Å²) in [5, 5.41) is 9.15. The highest BCUT2D eigenvalue weighted by Crippen LogP contribution is 2.24. The zero-order valence-corrected chi connectivity index (χ0v) is 8.40. The van der Waals surface area contributed by atoms with Crippen molar-refractivity contribution < 1.29 is 5.11 Å². The van der Waals surface area contributed by atoms with Gasteiger partial charge in [0.15, 0.2) is 0 Å². The lowest BCUT2D eigenvalue weighted by molar-refractivity contribution is 0.475. The van der Waals surface area contributed by atoms with Crippen molar-refractivity contribution in [3.05, 3.63) is 40.7 Å². The summed E-state index contributed by atoms with van der Waals surface area (Å²) in [6, 6.07) is 7.77. The first kappa shape index (κ1) is 10.1. The molecule has 2 rings (SSSR count). The third-order valence-corrected chi connectivity index (χ3v) is 2.26. The van der Waals surface area contributed by atoms with E-state index in [1.54, 1.807) is 12.1 Å². The second kappa shape index (κ2) is 3.62. The molecule has 5 nitrogen and oxygen atoms in total. The lowest BCUT2D eigenvalue weighted by atomic mass is 10.1. The molecular formula is C11H11N3O2.